The van der Waals surface area contributed by atoms with Crippen LogP contribution in [0, 0.1) is 11.3 Å². The molecule has 0 saturated heterocycles. The Bertz CT molecular complexity index is 2940. The molecule has 0 radical (unpaired) electrons. The molecule has 0 N–H and O–H groups in total. The maximum absolute atomic E-state index is 9.71. The highest BCUT2D eigenvalue weighted by molar-refractivity contribution is 7.26. The second-order valence-electron chi connectivity index (χ2n) is 13.2. The van der Waals surface area contributed by atoms with Crippen molar-refractivity contribution >= 4 is 42.4 Å². The average molecular weight is 668 g/mol. The number of fused-ring (bicyclic) bond motifs is 14. The van der Waals surface area contributed by atoms with Crippen molar-refractivity contribution in [3.05, 3.63) is 179 Å². The van der Waals surface area contributed by atoms with Gasteiger partial charge in [-0.25, -0.2) is 9.97 Å². The fourth-order valence-corrected chi connectivity index (χ4v) is 9.61. The molecule has 2 aliphatic rings. The number of para-hydroxylation sites is 2. The number of thiophene rings is 1. The van der Waals surface area contributed by atoms with Crippen molar-refractivity contribution in [1.29, 1.82) is 5.26 Å². The van der Waals surface area contributed by atoms with Crippen LogP contribution in [0.3, 0.4) is 0 Å². The first-order valence-electron chi connectivity index (χ1n) is 17.0. The van der Waals surface area contributed by atoms with Gasteiger partial charge in [-0.15, -0.1) is 11.3 Å². The molecule has 1 aliphatic heterocycles. The highest BCUT2D eigenvalue weighted by Crippen LogP contribution is 2.63. The standard InChI is InChI=1S/C46H25N3OS/c47-26-27-10-9-12-30(24-27)45-48-42(44-43(49-45)33-14-3-8-19-40(33)51-44)29-20-22-32-37(25-29)46(36-23-21-28-11-1-2-13-31(28)41(32)36)34-15-4-6-17-38(34)50-39-18-7-5-16-35(39)46/h1-25H. The minimum absolute atomic E-state index is 0.578. The number of hydrogen-bond acceptors (Lipinski definition) is 5. The van der Waals surface area contributed by atoms with Crippen molar-refractivity contribution in [2.45, 2.75) is 5.41 Å². The monoisotopic (exact) mass is 667 g/mol. The average Bonchev–Trinajstić information content (AvgIpc) is 3.71. The molecule has 0 amide bonds. The van der Waals surface area contributed by atoms with E-state index in [0.717, 1.165) is 59.7 Å². The van der Waals surface area contributed by atoms with Crippen LogP contribution in [-0.2, 0) is 5.41 Å². The van der Waals surface area contributed by atoms with Gasteiger partial charge in [0.15, 0.2) is 5.82 Å². The normalized spacial score (nSPS) is 13.4. The van der Waals surface area contributed by atoms with Crippen LogP contribution in [0.1, 0.15) is 27.8 Å². The molecular formula is C46H25N3OS. The molecule has 5 heteroatoms. The molecular weight excluding hydrogens is 643 g/mol. The largest absolute Gasteiger partial charge is 0.457 e. The lowest BCUT2D eigenvalue weighted by molar-refractivity contribution is 0.436. The van der Waals surface area contributed by atoms with Gasteiger partial charge in [0.05, 0.1) is 33.0 Å². The molecule has 236 valence electrons. The van der Waals surface area contributed by atoms with Crippen LogP contribution in [0.5, 0.6) is 11.5 Å². The molecule has 7 aromatic carbocycles. The van der Waals surface area contributed by atoms with Crippen molar-refractivity contribution in [1.82, 2.24) is 9.97 Å². The molecule has 0 bridgehead atoms. The number of hydrogen-bond donors (Lipinski definition) is 0. The van der Waals surface area contributed by atoms with E-state index in [2.05, 4.69) is 133 Å². The number of aromatic nitrogens is 2. The fourth-order valence-electron chi connectivity index (χ4n) is 8.46. The number of nitriles is 1. The molecule has 0 fully saturated rings. The maximum atomic E-state index is 9.71. The number of ether oxygens (including phenoxy) is 1. The smallest absolute Gasteiger partial charge is 0.160 e. The van der Waals surface area contributed by atoms with E-state index >= 15 is 0 Å². The van der Waals surface area contributed by atoms with Crippen molar-refractivity contribution < 1.29 is 4.74 Å². The van der Waals surface area contributed by atoms with Gasteiger partial charge in [0.25, 0.3) is 0 Å². The number of rotatable bonds is 2. The first-order valence-corrected chi connectivity index (χ1v) is 17.8. The third kappa shape index (κ3) is 3.83. The van der Waals surface area contributed by atoms with E-state index in [1.165, 1.54) is 33.0 Å². The van der Waals surface area contributed by atoms with Crippen LogP contribution >= 0.6 is 11.3 Å². The zero-order valence-electron chi connectivity index (χ0n) is 27.1. The first kappa shape index (κ1) is 28.3. The minimum Gasteiger partial charge on any atom is -0.457 e. The van der Waals surface area contributed by atoms with Gasteiger partial charge in [0, 0.05) is 32.3 Å². The highest BCUT2D eigenvalue weighted by atomic mass is 32.1. The molecule has 0 saturated carbocycles. The Morgan fingerprint density at radius 1 is 0.588 bits per heavy atom. The Morgan fingerprint density at radius 2 is 1.33 bits per heavy atom. The summed E-state index contributed by atoms with van der Waals surface area (Å²) in [5, 5.41) is 13.3. The van der Waals surface area contributed by atoms with Crippen LogP contribution in [0.25, 0.3) is 64.8 Å². The van der Waals surface area contributed by atoms with E-state index in [-0.39, 0.29) is 0 Å². The summed E-state index contributed by atoms with van der Waals surface area (Å²) in [6.07, 6.45) is 0. The summed E-state index contributed by atoms with van der Waals surface area (Å²) in [6.45, 7) is 0. The molecule has 1 spiro atoms. The fraction of sp³-hybridized carbons (Fsp3) is 0.0217. The number of nitrogens with zero attached hydrogens (tertiary/aromatic N) is 3. The summed E-state index contributed by atoms with van der Waals surface area (Å²) in [7, 11) is 0. The Morgan fingerprint density at radius 3 is 2.16 bits per heavy atom. The molecule has 1 aliphatic carbocycles. The molecule has 0 unspecified atom stereocenters. The van der Waals surface area contributed by atoms with E-state index < -0.39 is 5.41 Å². The van der Waals surface area contributed by atoms with E-state index in [1.807, 2.05) is 24.3 Å². The lowest BCUT2D eigenvalue weighted by Crippen LogP contribution is -2.32. The number of benzene rings is 7. The van der Waals surface area contributed by atoms with Crippen molar-refractivity contribution in [2.24, 2.45) is 0 Å². The summed E-state index contributed by atoms with van der Waals surface area (Å²) in [5.74, 6) is 2.33. The van der Waals surface area contributed by atoms with Crippen LogP contribution in [0.2, 0.25) is 0 Å². The van der Waals surface area contributed by atoms with Crippen molar-refractivity contribution in [2.75, 3.05) is 0 Å². The van der Waals surface area contributed by atoms with E-state index in [1.54, 1.807) is 11.3 Å². The van der Waals surface area contributed by atoms with Crippen molar-refractivity contribution in [3.8, 4) is 51.3 Å². The summed E-state index contributed by atoms with van der Waals surface area (Å²) in [6, 6.07) is 55.4. The van der Waals surface area contributed by atoms with Gasteiger partial charge in [-0.3, -0.25) is 0 Å². The van der Waals surface area contributed by atoms with Crippen molar-refractivity contribution in [3.63, 3.8) is 0 Å². The third-order valence-electron chi connectivity index (χ3n) is 10.6. The maximum Gasteiger partial charge on any atom is 0.160 e. The third-order valence-corrected chi connectivity index (χ3v) is 11.7. The Balaban J connectivity index is 1.27. The Labute approximate surface area is 297 Å². The topological polar surface area (TPSA) is 58.8 Å². The van der Waals surface area contributed by atoms with Gasteiger partial charge >= 0.3 is 0 Å². The molecule has 2 aromatic heterocycles. The van der Waals surface area contributed by atoms with Crippen LogP contribution in [0.15, 0.2) is 152 Å². The molecule has 11 rings (SSSR count). The predicted octanol–water partition coefficient (Wildman–Crippen LogP) is 11.7. The lowest BCUT2D eigenvalue weighted by atomic mass is 9.66. The molecule has 3 heterocycles. The van der Waals surface area contributed by atoms with Crippen LogP contribution < -0.4 is 4.74 Å². The first-order chi connectivity index (χ1) is 25.2. The van der Waals surface area contributed by atoms with Gasteiger partial charge in [-0.1, -0.05) is 115 Å². The van der Waals surface area contributed by atoms with Crippen LogP contribution in [0.4, 0.5) is 0 Å². The summed E-state index contributed by atoms with van der Waals surface area (Å²) in [5.41, 5.74) is 10.8. The van der Waals surface area contributed by atoms with Crippen LogP contribution in [-0.4, -0.2) is 9.97 Å². The van der Waals surface area contributed by atoms with Gasteiger partial charge in [-0.2, -0.15) is 5.26 Å². The Hall–Kier alpha value is -6.61. The SMILES string of the molecule is N#Cc1cccc(-c2nc(-c3ccc4c(c3)C3(c5ccccc5Oc5ccccc53)c3ccc5ccccc5c3-4)c3sc4ccccc4c3n2)c1. The van der Waals surface area contributed by atoms with E-state index in [9.17, 15) is 5.26 Å². The molecule has 51 heavy (non-hydrogen) atoms. The quantitative estimate of drug-likeness (QED) is 0.184. The second kappa shape index (κ2) is 10.4. The van der Waals surface area contributed by atoms with E-state index in [4.69, 9.17) is 14.7 Å². The molecule has 0 atom stereocenters. The Kier molecular flexibility index (Phi) is 5.79. The minimum atomic E-state index is -0.619. The predicted molar refractivity (Wildman–Crippen MR) is 205 cm³/mol. The lowest BCUT2D eigenvalue weighted by Gasteiger charge is -2.39. The van der Waals surface area contributed by atoms with Gasteiger partial charge in [0.1, 0.15) is 11.5 Å². The second-order valence-corrected chi connectivity index (χ2v) is 14.2. The summed E-state index contributed by atoms with van der Waals surface area (Å²) < 4.78 is 8.83. The van der Waals surface area contributed by atoms with Gasteiger partial charge in [-0.05, 0) is 69.4 Å². The zero-order chi connectivity index (χ0) is 33.7. The summed E-state index contributed by atoms with van der Waals surface area (Å²) >= 11 is 1.72. The van der Waals surface area contributed by atoms with E-state index in [0.29, 0.717) is 11.4 Å². The van der Waals surface area contributed by atoms with Gasteiger partial charge < -0.3 is 4.74 Å². The molecule has 9 aromatic rings. The molecule has 4 nitrogen and oxygen atoms in total. The summed E-state index contributed by atoms with van der Waals surface area (Å²) in [4.78, 5) is 10.5. The zero-order valence-corrected chi connectivity index (χ0v) is 27.9. The van der Waals surface area contributed by atoms with Gasteiger partial charge in [0.2, 0.25) is 0 Å². The highest BCUT2D eigenvalue weighted by Gasteiger charge is 2.51.